The Morgan fingerprint density at radius 2 is 2.10 bits per heavy atom. The normalized spacial score (nSPS) is 17.2. The number of rotatable bonds is 6. The van der Waals surface area contributed by atoms with Gasteiger partial charge in [0.05, 0.1) is 12.6 Å². The Hall–Kier alpha value is -2.26. The Morgan fingerprint density at radius 3 is 2.83 bits per heavy atom. The predicted molar refractivity (Wildman–Crippen MR) is 117 cm³/mol. The van der Waals surface area contributed by atoms with Gasteiger partial charge < -0.3 is 20.1 Å². The number of halogens is 1. The summed E-state index contributed by atoms with van der Waals surface area (Å²) in [6.07, 6.45) is 1.49. The molecule has 1 aromatic carbocycles. The lowest BCUT2D eigenvalue weighted by Crippen LogP contribution is -2.53. The van der Waals surface area contributed by atoms with Crippen LogP contribution in [0.1, 0.15) is 25.5 Å². The standard InChI is InChI=1S/C20H27ClN4O4S/c1-3-30(28,29)13-19(26)25-8-4-5-17(12-25)24(2)20(27)22-11-16-10-14-9-15(21)6-7-18(14)23-16/h6-7,9-10,17,23H,3-5,8,11-13H2,1-2H3,(H,22,27). The molecule has 1 fully saturated rings. The molecule has 3 amide bonds. The summed E-state index contributed by atoms with van der Waals surface area (Å²) in [7, 11) is -1.67. The Kier molecular flexibility index (Phi) is 6.92. The fourth-order valence-electron chi connectivity index (χ4n) is 3.60. The summed E-state index contributed by atoms with van der Waals surface area (Å²) in [5.41, 5.74) is 1.81. The van der Waals surface area contributed by atoms with Crippen molar-refractivity contribution in [2.75, 3.05) is 31.6 Å². The van der Waals surface area contributed by atoms with E-state index < -0.39 is 21.5 Å². The monoisotopic (exact) mass is 454 g/mol. The second-order valence-electron chi connectivity index (χ2n) is 7.61. The number of nitrogens with one attached hydrogen (secondary N) is 2. The summed E-state index contributed by atoms with van der Waals surface area (Å²) in [4.78, 5) is 31.3. The van der Waals surface area contributed by atoms with Crippen LogP contribution in [0.2, 0.25) is 5.02 Å². The molecule has 0 aliphatic carbocycles. The van der Waals surface area contributed by atoms with Crippen molar-refractivity contribution >= 4 is 44.3 Å². The summed E-state index contributed by atoms with van der Waals surface area (Å²) in [6.45, 7) is 2.72. The zero-order chi connectivity index (χ0) is 21.9. The summed E-state index contributed by atoms with van der Waals surface area (Å²) < 4.78 is 23.5. The van der Waals surface area contributed by atoms with Gasteiger partial charge in [-0.25, -0.2) is 13.2 Å². The number of sulfone groups is 1. The Morgan fingerprint density at radius 1 is 1.33 bits per heavy atom. The van der Waals surface area contributed by atoms with Crippen LogP contribution in [0.25, 0.3) is 10.9 Å². The number of piperidine rings is 1. The van der Waals surface area contributed by atoms with E-state index in [1.54, 1.807) is 22.9 Å². The van der Waals surface area contributed by atoms with E-state index in [2.05, 4.69) is 10.3 Å². The van der Waals surface area contributed by atoms with E-state index in [-0.39, 0.29) is 17.8 Å². The average molecular weight is 455 g/mol. The van der Waals surface area contributed by atoms with Crippen molar-refractivity contribution in [2.45, 2.75) is 32.4 Å². The number of likely N-dealkylation sites (N-methyl/N-ethyl adjacent to an activating group) is 1. The molecule has 2 N–H and O–H groups in total. The molecule has 1 saturated heterocycles. The highest BCUT2D eigenvalue weighted by molar-refractivity contribution is 7.92. The first-order valence-corrected chi connectivity index (χ1v) is 12.1. The van der Waals surface area contributed by atoms with Crippen molar-refractivity contribution in [2.24, 2.45) is 0 Å². The van der Waals surface area contributed by atoms with E-state index in [9.17, 15) is 18.0 Å². The number of hydrogen-bond donors (Lipinski definition) is 2. The number of carbonyl (C=O) groups excluding carboxylic acids is 2. The van der Waals surface area contributed by atoms with Gasteiger partial charge in [0.15, 0.2) is 9.84 Å². The topological polar surface area (TPSA) is 103 Å². The van der Waals surface area contributed by atoms with Gasteiger partial charge in [-0.15, -0.1) is 0 Å². The van der Waals surface area contributed by atoms with Crippen molar-refractivity contribution in [3.63, 3.8) is 0 Å². The number of carbonyl (C=O) groups is 2. The van der Waals surface area contributed by atoms with Crippen molar-refractivity contribution in [3.05, 3.63) is 35.0 Å². The molecule has 0 spiro atoms. The number of aromatic amines is 1. The van der Waals surface area contributed by atoms with Gasteiger partial charge in [0.1, 0.15) is 5.75 Å². The molecule has 0 saturated carbocycles. The highest BCUT2D eigenvalue weighted by Crippen LogP contribution is 2.20. The molecule has 2 heterocycles. The maximum absolute atomic E-state index is 12.6. The van der Waals surface area contributed by atoms with Gasteiger partial charge in [-0.05, 0) is 37.1 Å². The van der Waals surface area contributed by atoms with Crippen LogP contribution >= 0.6 is 11.6 Å². The number of likely N-dealkylation sites (tertiary alicyclic amines) is 1. The molecular weight excluding hydrogens is 428 g/mol. The van der Waals surface area contributed by atoms with Gasteiger partial charge >= 0.3 is 6.03 Å². The molecule has 1 aliphatic heterocycles. The van der Waals surface area contributed by atoms with E-state index in [1.807, 2.05) is 18.2 Å². The smallest absolute Gasteiger partial charge is 0.317 e. The van der Waals surface area contributed by atoms with Gasteiger partial charge in [-0.1, -0.05) is 18.5 Å². The molecule has 1 aliphatic rings. The lowest BCUT2D eigenvalue weighted by Gasteiger charge is -2.37. The minimum Gasteiger partial charge on any atom is -0.357 e. The van der Waals surface area contributed by atoms with E-state index >= 15 is 0 Å². The van der Waals surface area contributed by atoms with Crippen molar-refractivity contribution < 1.29 is 18.0 Å². The fourth-order valence-corrected chi connectivity index (χ4v) is 4.54. The van der Waals surface area contributed by atoms with E-state index in [0.717, 1.165) is 29.4 Å². The highest BCUT2D eigenvalue weighted by atomic mass is 35.5. The van der Waals surface area contributed by atoms with Crippen LogP contribution < -0.4 is 5.32 Å². The molecule has 3 rings (SSSR count). The van der Waals surface area contributed by atoms with Crippen LogP contribution in [0.15, 0.2) is 24.3 Å². The molecule has 164 valence electrons. The van der Waals surface area contributed by atoms with Gasteiger partial charge in [0.2, 0.25) is 5.91 Å². The molecular formula is C20H27ClN4O4S. The second kappa shape index (κ2) is 9.26. The van der Waals surface area contributed by atoms with E-state index in [1.165, 1.54) is 6.92 Å². The molecule has 30 heavy (non-hydrogen) atoms. The van der Waals surface area contributed by atoms with Crippen LogP contribution in [0.4, 0.5) is 4.79 Å². The Bertz CT molecular complexity index is 1040. The number of fused-ring (bicyclic) bond motifs is 1. The van der Waals surface area contributed by atoms with Crippen LogP contribution in [0, 0.1) is 0 Å². The number of amides is 3. The molecule has 0 bridgehead atoms. The minimum atomic E-state index is -3.37. The third-order valence-corrected chi connectivity index (χ3v) is 7.27. The van der Waals surface area contributed by atoms with Gasteiger partial charge in [-0.2, -0.15) is 0 Å². The molecule has 10 heteroatoms. The minimum absolute atomic E-state index is 0.0573. The predicted octanol–water partition coefficient (Wildman–Crippen LogP) is 2.39. The second-order valence-corrected chi connectivity index (χ2v) is 10.4. The van der Waals surface area contributed by atoms with Crippen molar-refractivity contribution in [1.82, 2.24) is 20.1 Å². The molecule has 1 atom stereocenters. The largest absolute Gasteiger partial charge is 0.357 e. The number of urea groups is 1. The summed E-state index contributed by atoms with van der Waals surface area (Å²) >= 11 is 6.01. The van der Waals surface area contributed by atoms with Crippen LogP contribution in [-0.2, 0) is 21.2 Å². The SMILES string of the molecule is CCS(=O)(=O)CC(=O)N1CCCC(N(C)C(=O)NCc2cc3cc(Cl)ccc3[nH]2)C1. The zero-order valence-corrected chi connectivity index (χ0v) is 18.7. The quantitative estimate of drug-likeness (QED) is 0.699. The third kappa shape index (κ3) is 5.46. The summed E-state index contributed by atoms with van der Waals surface area (Å²) in [5, 5.41) is 4.51. The number of benzene rings is 1. The maximum atomic E-state index is 12.6. The molecule has 1 aromatic heterocycles. The number of H-pyrrole nitrogens is 1. The fraction of sp³-hybridized carbons (Fsp3) is 0.500. The maximum Gasteiger partial charge on any atom is 0.317 e. The van der Waals surface area contributed by atoms with Gasteiger partial charge in [0, 0.05) is 47.5 Å². The number of hydrogen-bond acceptors (Lipinski definition) is 4. The third-order valence-electron chi connectivity index (χ3n) is 5.47. The van der Waals surface area contributed by atoms with E-state index in [4.69, 9.17) is 11.6 Å². The first kappa shape index (κ1) is 22.4. The van der Waals surface area contributed by atoms with Crippen LogP contribution in [0.3, 0.4) is 0 Å². The average Bonchev–Trinajstić information content (AvgIpc) is 3.13. The first-order chi connectivity index (χ1) is 14.2. The van der Waals surface area contributed by atoms with Crippen LogP contribution in [-0.4, -0.2) is 72.8 Å². The molecule has 8 nitrogen and oxygen atoms in total. The number of aromatic nitrogens is 1. The lowest BCUT2D eigenvalue weighted by molar-refractivity contribution is -0.130. The number of nitrogens with zero attached hydrogens (tertiary/aromatic N) is 2. The molecule has 2 aromatic rings. The Labute approximate surface area is 181 Å². The zero-order valence-electron chi connectivity index (χ0n) is 17.2. The molecule has 1 unspecified atom stereocenters. The Balaban J connectivity index is 1.56. The van der Waals surface area contributed by atoms with Crippen molar-refractivity contribution in [1.29, 1.82) is 0 Å². The van der Waals surface area contributed by atoms with Crippen LogP contribution in [0.5, 0.6) is 0 Å². The first-order valence-electron chi connectivity index (χ1n) is 9.94. The van der Waals surface area contributed by atoms with Gasteiger partial charge in [-0.3, -0.25) is 4.79 Å². The lowest BCUT2D eigenvalue weighted by atomic mass is 10.0. The summed E-state index contributed by atoms with van der Waals surface area (Å²) in [5.74, 6) is -0.929. The van der Waals surface area contributed by atoms with E-state index in [0.29, 0.717) is 24.7 Å². The van der Waals surface area contributed by atoms with Crippen molar-refractivity contribution in [3.8, 4) is 0 Å². The summed E-state index contributed by atoms with van der Waals surface area (Å²) in [6, 6.07) is 7.09. The van der Waals surface area contributed by atoms with Gasteiger partial charge in [0.25, 0.3) is 0 Å². The molecule has 0 radical (unpaired) electrons. The highest BCUT2D eigenvalue weighted by Gasteiger charge is 2.30.